The maximum atomic E-state index is 13.5. The zero-order chi connectivity index (χ0) is 25.5. The Kier molecular flexibility index (Phi) is 8.65. The fraction of sp³-hybridized carbons (Fsp3) is 0.448. The van der Waals surface area contributed by atoms with Crippen LogP contribution in [0.15, 0.2) is 48.5 Å². The van der Waals surface area contributed by atoms with Crippen molar-refractivity contribution in [3.05, 3.63) is 59.8 Å². The zero-order valence-electron chi connectivity index (χ0n) is 21.6. The van der Waals surface area contributed by atoms with E-state index in [1.807, 2.05) is 49.4 Å². The van der Waals surface area contributed by atoms with Gasteiger partial charge >= 0.3 is 5.97 Å². The number of para-hydroxylation sites is 1. The number of carbonyl (C=O) groups excluding carboxylic acids is 2. The molecule has 7 nitrogen and oxygen atoms in total. The zero-order valence-corrected chi connectivity index (χ0v) is 21.6. The molecular formula is C29H37N3O4. The highest BCUT2D eigenvalue weighted by Gasteiger charge is 2.25. The highest BCUT2D eigenvalue weighted by molar-refractivity contribution is 6.09. The van der Waals surface area contributed by atoms with Crippen LogP contribution in [0.25, 0.3) is 10.9 Å². The number of nitrogens with one attached hydrogen (secondary N) is 1. The molecule has 2 aromatic carbocycles. The molecule has 192 valence electrons. The normalized spacial score (nSPS) is 14.6. The van der Waals surface area contributed by atoms with Gasteiger partial charge in [-0.25, -0.2) is 0 Å². The SMILES string of the molecule is CCCCn1c(C)c(C(=O)NC2CCN(CCOc3ccccc3)CC2)c2cc(OC(C)=O)ccc21. The van der Waals surface area contributed by atoms with Crippen LogP contribution in [0.4, 0.5) is 0 Å². The lowest BCUT2D eigenvalue weighted by Gasteiger charge is -2.32. The summed E-state index contributed by atoms with van der Waals surface area (Å²) in [5, 5.41) is 4.11. The molecule has 1 saturated heterocycles. The number of nitrogens with zero attached hydrogens (tertiary/aromatic N) is 2. The van der Waals surface area contributed by atoms with E-state index in [0.717, 1.165) is 74.2 Å². The summed E-state index contributed by atoms with van der Waals surface area (Å²) in [4.78, 5) is 27.4. The van der Waals surface area contributed by atoms with E-state index in [4.69, 9.17) is 9.47 Å². The molecular weight excluding hydrogens is 454 g/mol. The summed E-state index contributed by atoms with van der Waals surface area (Å²) in [7, 11) is 0. The quantitative estimate of drug-likeness (QED) is 0.321. The highest BCUT2D eigenvalue weighted by atomic mass is 16.5. The first kappa shape index (κ1) is 25.8. The number of rotatable bonds is 10. The van der Waals surface area contributed by atoms with Crippen molar-refractivity contribution in [3.8, 4) is 11.5 Å². The van der Waals surface area contributed by atoms with Crippen molar-refractivity contribution in [2.45, 2.75) is 59.0 Å². The van der Waals surface area contributed by atoms with Gasteiger partial charge in [-0.1, -0.05) is 31.5 Å². The number of aromatic nitrogens is 1. The van der Waals surface area contributed by atoms with Gasteiger partial charge in [0.15, 0.2) is 0 Å². The van der Waals surface area contributed by atoms with Gasteiger partial charge in [-0.05, 0) is 56.5 Å². The van der Waals surface area contributed by atoms with Crippen LogP contribution in [0, 0.1) is 6.92 Å². The second kappa shape index (κ2) is 12.1. The average Bonchev–Trinajstić information content (AvgIpc) is 3.14. The summed E-state index contributed by atoms with van der Waals surface area (Å²) in [5.74, 6) is 0.926. The van der Waals surface area contributed by atoms with Gasteiger partial charge in [0.25, 0.3) is 5.91 Å². The molecule has 1 aromatic heterocycles. The van der Waals surface area contributed by atoms with Gasteiger partial charge in [0.05, 0.1) is 5.56 Å². The predicted octanol–water partition coefficient (Wildman–Crippen LogP) is 4.95. The second-order valence-electron chi connectivity index (χ2n) is 9.49. The molecule has 0 aliphatic carbocycles. The maximum absolute atomic E-state index is 13.5. The van der Waals surface area contributed by atoms with E-state index < -0.39 is 0 Å². The number of esters is 1. The Morgan fingerprint density at radius 1 is 1.03 bits per heavy atom. The number of carbonyl (C=O) groups is 2. The van der Waals surface area contributed by atoms with E-state index >= 15 is 0 Å². The highest BCUT2D eigenvalue weighted by Crippen LogP contribution is 2.30. The Bertz CT molecular complexity index is 1180. The fourth-order valence-electron chi connectivity index (χ4n) is 4.95. The molecule has 1 aliphatic rings. The first-order chi connectivity index (χ1) is 17.5. The number of fused-ring (bicyclic) bond motifs is 1. The van der Waals surface area contributed by atoms with Gasteiger partial charge in [0, 0.05) is 55.7 Å². The predicted molar refractivity (Wildman–Crippen MR) is 142 cm³/mol. The monoisotopic (exact) mass is 491 g/mol. The van der Waals surface area contributed by atoms with Crippen LogP contribution in [-0.2, 0) is 11.3 Å². The molecule has 1 fully saturated rings. The van der Waals surface area contributed by atoms with Gasteiger partial charge in [0.1, 0.15) is 18.1 Å². The van der Waals surface area contributed by atoms with E-state index in [2.05, 4.69) is 21.7 Å². The molecule has 36 heavy (non-hydrogen) atoms. The van der Waals surface area contributed by atoms with Gasteiger partial charge in [0.2, 0.25) is 0 Å². The van der Waals surface area contributed by atoms with Crippen molar-refractivity contribution >= 4 is 22.8 Å². The summed E-state index contributed by atoms with van der Waals surface area (Å²) < 4.78 is 13.4. The number of amides is 1. The second-order valence-corrected chi connectivity index (χ2v) is 9.49. The minimum Gasteiger partial charge on any atom is -0.492 e. The summed E-state index contributed by atoms with van der Waals surface area (Å²) in [6, 6.07) is 15.6. The van der Waals surface area contributed by atoms with Crippen molar-refractivity contribution in [1.82, 2.24) is 14.8 Å². The van der Waals surface area contributed by atoms with Crippen LogP contribution < -0.4 is 14.8 Å². The Balaban J connectivity index is 1.40. The smallest absolute Gasteiger partial charge is 0.308 e. The first-order valence-corrected chi connectivity index (χ1v) is 13.0. The summed E-state index contributed by atoms with van der Waals surface area (Å²) >= 11 is 0. The van der Waals surface area contributed by atoms with Crippen LogP contribution in [0.2, 0.25) is 0 Å². The van der Waals surface area contributed by atoms with Crippen LogP contribution in [0.1, 0.15) is 55.6 Å². The van der Waals surface area contributed by atoms with Gasteiger partial charge < -0.3 is 19.4 Å². The summed E-state index contributed by atoms with van der Waals surface area (Å²) in [5.41, 5.74) is 2.62. The van der Waals surface area contributed by atoms with Crippen LogP contribution in [0.5, 0.6) is 11.5 Å². The largest absolute Gasteiger partial charge is 0.492 e. The molecule has 2 heterocycles. The molecule has 4 rings (SSSR count). The van der Waals surface area contributed by atoms with Crippen molar-refractivity contribution < 1.29 is 19.1 Å². The van der Waals surface area contributed by atoms with E-state index in [-0.39, 0.29) is 17.9 Å². The molecule has 0 radical (unpaired) electrons. The third-order valence-corrected chi connectivity index (χ3v) is 6.86. The van der Waals surface area contributed by atoms with Crippen molar-refractivity contribution in [3.63, 3.8) is 0 Å². The van der Waals surface area contributed by atoms with Gasteiger partial charge in [-0.2, -0.15) is 0 Å². The molecule has 1 amide bonds. The number of ether oxygens (including phenoxy) is 2. The molecule has 0 saturated carbocycles. The minimum absolute atomic E-state index is 0.0569. The van der Waals surface area contributed by atoms with Crippen molar-refractivity contribution in [2.24, 2.45) is 0 Å². The number of likely N-dealkylation sites (tertiary alicyclic amines) is 1. The number of hydrogen-bond acceptors (Lipinski definition) is 5. The van der Waals surface area contributed by atoms with Gasteiger partial charge in [-0.3, -0.25) is 14.5 Å². The van der Waals surface area contributed by atoms with E-state index in [1.54, 1.807) is 6.07 Å². The fourth-order valence-corrected chi connectivity index (χ4v) is 4.95. The van der Waals surface area contributed by atoms with Crippen LogP contribution in [0.3, 0.4) is 0 Å². The Hall–Kier alpha value is -3.32. The van der Waals surface area contributed by atoms with Crippen LogP contribution in [-0.4, -0.2) is 53.6 Å². The molecule has 7 heteroatoms. The number of unbranched alkanes of at least 4 members (excludes halogenated alkanes) is 1. The molecule has 0 atom stereocenters. The standard InChI is InChI=1S/C29H37N3O4/c1-4-5-15-32-21(2)28(26-20-25(36-22(3)33)11-12-27(26)32)29(34)30-23-13-16-31(17-14-23)18-19-35-24-9-7-6-8-10-24/h6-12,20,23H,4-5,13-19H2,1-3H3,(H,30,34). The Morgan fingerprint density at radius 2 is 1.78 bits per heavy atom. The maximum Gasteiger partial charge on any atom is 0.308 e. The topological polar surface area (TPSA) is 72.8 Å². The lowest BCUT2D eigenvalue weighted by molar-refractivity contribution is -0.131. The number of aryl methyl sites for hydroxylation is 1. The summed E-state index contributed by atoms with van der Waals surface area (Å²) in [6.07, 6.45) is 3.91. The average molecular weight is 492 g/mol. The number of piperidine rings is 1. The van der Waals surface area contributed by atoms with Crippen molar-refractivity contribution in [1.29, 1.82) is 0 Å². The molecule has 0 bridgehead atoms. The number of benzene rings is 2. The first-order valence-electron chi connectivity index (χ1n) is 13.0. The molecule has 3 aromatic rings. The molecule has 1 N–H and O–H groups in total. The van der Waals surface area contributed by atoms with E-state index in [9.17, 15) is 9.59 Å². The lowest BCUT2D eigenvalue weighted by Crippen LogP contribution is -2.45. The Morgan fingerprint density at radius 3 is 2.47 bits per heavy atom. The minimum atomic E-state index is -0.372. The van der Waals surface area contributed by atoms with Crippen molar-refractivity contribution in [2.75, 3.05) is 26.2 Å². The molecule has 1 aliphatic heterocycles. The molecule has 0 unspecified atom stereocenters. The van der Waals surface area contributed by atoms with Crippen LogP contribution >= 0.6 is 0 Å². The van der Waals surface area contributed by atoms with E-state index in [0.29, 0.717) is 17.9 Å². The third-order valence-electron chi connectivity index (χ3n) is 6.86. The molecule has 0 spiro atoms. The Labute approximate surface area is 213 Å². The summed E-state index contributed by atoms with van der Waals surface area (Å²) in [6.45, 7) is 9.78. The number of hydrogen-bond donors (Lipinski definition) is 1. The van der Waals surface area contributed by atoms with Gasteiger partial charge in [-0.15, -0.1) is 0 Å². The third kappa shape index (κ3) is 6.26. The lowest BCUT2D eigenvalue weighted by atomic mass is 10.0. The van der Waals surface area contributed by atoms with E-state index in [1.165, 1.54) is 6.92 Å².